The molecule has 1 aromatic heterocycles. The molecule has 3 heteroatoms. The Morgan fingerprint density at radius 2 is 2.25 bits per heavy atom. The summed E-state index contributed by atoms with van der Waals surface area (Å²) < 4.78 is 0. The fourth-order valence-electron chi connectivity index (χ4n) is 2.09. The van der Waals surface area contributed by atoms with Gasteiger partial charge in [-0.05, 0) is 25.0 Å². The predicted molar refractivity (Wildman–Crippen MR) is 69.2 cm³/mol. The van der Waals surface area contributed by atoms with E-state index in [1.165, 1.54) is 30.6 Å². The number of likely N-dealkylation sites (N-methyl/N-ethyl adjacent to an activating group) is 1. The highest BCUT2D eigenvalue weighted by atomic mass is 15.2. The van der Waals surface area contributed by atoms with Gasteiger partial charge < -0.3 is 10.2 Å². The number of pyridine rings is 1. The second-order valence-corrected chi connectivity index (χ2v) is 4.48. The van der Waals surface area contributed by atoms with Crippen molar-refractivity contribution >= 4 is 11.5 Å². The summed E-state index contributed by atoms with van der Waals surface area (Å²) in [6.45, 7) is 4.29. The van der Waals surface area contributed by atoms with Crippen molar-refractivity contribution in [2.45, 2.75) is 32.6 Å². The SMILES string of the molecule is CCCCCc1ccc2c(n1)NCCN2C. The molecule has 0 aliphatic carbocycles. The maximum absolute atomic E-state index is 4.68. The molecule has 1 aliphatic rings. The first-order chi connectivity index (χ1) is 7.81. The highest BCUT2D eigenvalue weighted by molar-refractivity contribution is 5.67. The summed E-state index contributed by atoms with van der Waals surface area (Å²) in [7, 11) is 2.12. The fourth-order valence-corrected chi connectivity index (χ4v) is 2.09. The zero-order valence-corrected chi connectivity index (χ0v) is 10.3. The number of hydrogen-bond acceptors (Lipinski definition) is 3. The highest BCUT2D eigenvalue weighted by Crippen LogP contribution is 2.26. The topological polar surface area (TPSA) is 28.2 Å². The lowest BCUT2D eigenvalue weighted by atomic mass is 10.1. The Bertz CT molecular complexity index is 349. The largest absolute Gasteiger partial charge is 0.370 e. The van der Waals surface area contributed by atoms with Crippen molar-refractivity contribution < 1.29 is 0 Å². The third kappa shape index (κ3) is 2.46. The first-order valence-corrected chi connectivity index (χ1v) is 6.26. The van der Waals surface area contributed by atoms with E-state index >= 15 is 0 Å². The van der Waals surface area contributed by atoms with E-state index in [4.69, 9.17) is 0 Å². The van der Waals surface area contributed by atoms with Gasteiger partial charge in [-0.25, -0.2) is 4.98 Å². The molecule has 0 saturated heterocycles. The Labute approximate surface area is 97.9 Å². The molecular weight excluding hydrogens is 198 g/mol. The van der Waals surface area contributed by atoms with Crippen molar-refractivity contribution in [3.63, 3.8) is 0 Å². The van der Waals surface area contributed by atoms with Crippen LogP contribution in [0, 0.1) is 0 Å². The molecule has 0 saturated carbocycles. The second kappa shape index (κ2) is 5.19. The molecule has 0 unspecified atom stereocenters. The molecular formula is C13H21N3. The molecule has 1 aliphatic heterocycles. The Morgan fingerprint density at radius 3 is 3.06 bits per heavy atom. The molecule has 0 spiro atoms. The lowest BCUT2D eigenvalue weighted by Gasteiger charge is -2.27. The van der Waals surface area contributed by atoms with E-state index in [0.717, 1.165) is 25.3 Å². The minimum Gasteiger partial charge on any atom is -0.370 e. The van der Waals surface area contributed by atoms with E-state index < -0.39 is 0 Å². The summed E-state index contributed by atoms with van der Waals surface area (Å²) in [5, 5.41) is 3.37. The number of rotatable bonds is 4. The van der Waals surface area contributed by atoms with Crippen LogP contribution in [-0.2, 0) is 6.42 Å². The van der Waals surface area contributed by atoms with Crippen molar-refractivity contribution in [2.24, 2.45) is 0 Å². The van der Waals surface area contributed by atoms with Crippen LogP contribution in [0.3, 0.4) is 0 Å². The number of aromatic nitrogens is 1. The smallest absolute Gasteiger partial charge is 0.149 e. The van der Waals surface area contributed by atoms with Crippen molar-refractivity contribution in [1.29, 1.82) is 0 Å². The molecule has 88 valence electrons. The predicted octanol–water partition coefficient (Wildman–Crippen LogP) is 2.68. The number of nitrogens with zero attached hydrogens (tertiary/aromatic N) is 2. The number of unbranched alkanes of at least 4 members (excludes halogenated alkanes) is 2. The standard InChI is InChI=1S/C13H21N3/c1-3-4-5-6-11-7-8-12-13(15-11)14-9-10-16(12)2/h7-8H,3-6,9-10H2,1-2H3,(H,14,15). The summed E-state index contributed by atoms with van der Waals surface area (Å²) >= 11 is 0. The molecule has 0 aromatic carbocycles. The molecule has 0 bridgehead atoms. The lowest BCUT2D eigenvalue weighted by molar-refractivity contribution is 0.706. The summed E-state index contributed by atoms with van der Waals surface area (Å²) in [5.41, 5.74) is 2.44. The molecule has 2 heterocycles. The monoisotopic (exact) mass is 219 g/mol. The van der Waals surface area contributed by atoms with Gasteiger partial charge in [0.25, 0.3) is 0 Å². The summed E-state index contributed by atoms with van der Waals surface area (Å²) in [6, 6.07) is 4.35. The third-order valence-corrected chi connectivity index (χ3v) is 3.12. The van der Waals surface area contributed by atoms with Gasteiger partial charge in [0, 0.05) is 25.8 Å². The van der Waals surface area contributed by atoms with Gasteiger partial charge in [0.05, 0.1) is 5.69 Å². The molecule has 0 atom stereocenters. The number of aryl methyl sites for hydroxylation is 1. The van der Waals surface area contributed by atoms with Gasteiger partial charge in [-0.15, -0.1) is 0 Å². The summed E-state index contributed by atoms with van der Waals surface area (Å²) in [6.07, 6.45) is 4.92. The Kier molecular flexibility index (Phi) is 3.65. The molecule has 0 radical (unpaired) electrons. The number of hydrogen-bond donors (Lipinski definition) is 1. The molecule has 16 heavy (non-hydrogen) atoms. The van der Waals surface area contributed by atoms with Crippen LogP contribution in [0.15, 0.2) is 12.1 Å². The zero-order chi connectivity index (χ0) is 11.4. The normalized spacial score (nSPS) is 14.5. The van der Waals surface area contributed by atoms with Crippen molar-refractivity contribution in [1.82, 2.24) is 4.98 Å². The van der Waals surface area contributed by atoms with Crippen LogP contribution in [0.2, 0.25) is 0 Å². The average Bonchev–Trinajstić information content (AvgIpc) is 2.30. The van der Waals surface area contributed by atoms with Gasteiger partial charge in [0.1, 0.15) is 5.82 Å². The first-order valence-electron chi connectivity index (χ1n) is 6.26. The minimum atomic E-state index is 0.995. The van der Waals surface area contributed by atoms with Crippen LogP contribution >= 0.6 is 0 Å². The highest BCUT2D eigenvalue weighted by Gasteiger charge is 2.14. The van der Waals surface area contributed by atoms with E-state index in [9.17, 15) is 0 Å². The van der Waals surface area contributed by atoms with Crippen LogP contribution in [0.25, 0.3) is 0 Å². The van der Waals surface area contributed by atoms with E-state index in [-0.39, 0.29) is 0 Å². The first kappa shape index (κ1) is 11.2. The molecule has 3 nitrogen and oxygen atoms in total. The summed E-state index contributed by atoms with van der Waals surface area (Å²) in [5.74, 6) is 1.06. The van der Waals surface area contributed by atoms with Crippen molar-refractivity contribution in [2.75, 3.05) is 30.4 Å². The van der Waals surface area contributed by atoms with E-state index in [1.54, 1.807) is 0 Å². The second-order valence-electron chi connectivity index (χ2n) is 4.48. The van der Waals surface area contributed by atoms with E-state index in [1.807, 2.05) is 0 Å². The molecule has 0 fully saturated rings. The van der Waals surface area contributed by atoms with E-state index in [0.29, 0.717) is 0 Å². The molecule has 2 rings (SSSR count). The molecule has 0 amide bonds. The Morgan fingerprint density at radius 1 is 1.38 bits per heavy atom. The fraction of sp³-hybridized carbons (Fsp3) is 0.615. The van der Waals surface area contributed by atoms with Crippen LogP contribution in [0.1, 0.15) is 31.9 Å². The van der Waals surface area contributed by atoms with Crippen LogP contribution in [0.5, 0.6) is 0 Å². The van der Waals surface area contributed by atoms with Crippen LogP contribution < -0.4 is 10.2 Å². The van der Waals surface area contributed by atoms with Gasteiger partial charge in [-0.2, -0.15) is 0 Å². The molecule has 1 N–H and O–H groups in total. The van der Waals surface area contributed by atoms with Gasteiger partial charge >= 0.3 is 0 Å². The third-order valence-electron chi connectivity index (χ3n) is 3.12. The maximum Gasteiger partial charge on any atom is 0.149 e. The van der Waals surface area contributed by atoms with Gasteiger partial charge in [-0.1, -0.05) is 19.8 Å². The van der Waals surface area contributed by atoms with Crippen LogP contribution in [0.4, 0.5) is 11.5 Å². The van der Waals surface area contributed by atoms with Gasteiger partial charge in [0.15, 0.2) is 0 Å². The Balaban J connectivity index is 2.06. The Hall–Kier alpha value is -1.25. The number of nitrogens with one attached hydrogen (secondary N) is 1. The van der Waals surface area contributed by atoms with Gasteiger partial charge in [0.2, 0.25) is 0 Å². The maximum atomic E-state index is 4.68. The van der Waals surface area contributed by atoms with Crippen molar-refractivity contribution in [3.05, 3.63) is 17.8 Å². The molecule has 1 aromatic rings. The van der Waals surface area contributed by atoms with Crippen LogP contribution in [-0.4, -0.2) is 25.1 Å². The lowest BCUT2D eigenvalue weighted by Crippen LogP contribution is -2.31. The minimum absolute atomic E-state index is 0.995. The quantitative estimate of drug-likeness (QED) is 0.789. The summed E-state index contributed by atoms with van der Waals surface area (Å²) in [4.78, 5) is 6.94. The number of anilines is 2. The number of fused-ring (bicyclic) bond motifs is 1. The zero-order valence-electron chi connectivity index (χ0n) is 10.3. The van der Waals surface area contributed by atoms with Crippen molar-refractivity contribution in [3.8, 4) is 0 Å². The van der Waals surface area contributed by atoms with E-state index in [2.05, 4.69) is 41.3 Å². The van der Waals surface area contributed by atoms with Gasteiger partial charge in [-0.3, -0.25) is 0 Å². The average molecular weight is 219 g/mol.